The highest BCUT2D eigenvalue weighted by Crippen LogP contribution is 2.14. The first kappa shape index (κ1) is 49.3. The number of hydrogen-bond donors (Lipinski definition) is 1. The molecule has 2 unspecified atom stereocenters. The van der Waals surface area contributed by atoms with Gasteiger partial charge in [-0.1, -0.05) is 133 Å². The zero-order valence-electron chi connectivity index (χ0n) is 34.0. The van der Waals surface area contributed by atoms with Crippen LogP contribution in [0.2, 0.25) is 0 Å². The molecule has 300 valence electrons. The third kappa shape index (κ3) is 33.1. The number of quaternary nitrogens is 1. The molecule has 52 heavy (non-hydrogen) atoms. The molecule has 0 fully saturated rings. The molecule has 0 amide bonds. The molecule has 8 nitrogen and oxygen atoms in total. The SMILES string of the molecule is CC/C=C/C/C=C/C/C=C/CCCCCCCCCCCCC(=O)OCC(COCCC(C(=O)O)[N+](C)(C)C)OC(=O)CC/C=C/CCCCCC. The predicted molar refractivity (Wildman–Crippen MR) is 215 cm³/mol. The maximum atomic E-state index is 12.6. The van der Waals surface area contributed by atoms with Gasteiger partial charge < -0.3 is 23.8 Å². The first-order valence-corrected chi connectivity index (χ1v) is 20.7. The number of rotatable bonds is 36. The molecule has 0 spiro atoms. The Labute approximate surface area is 318 Å². The van der Waals surface area contributed by atoms with Gasteiger partial charge in [0.2, 0.25) is 0 Å². The summed E-state index contributed by atoms with van der Waals surface area (Å²) in [4.78, 5) is 36.7. The van der Waals surface area contributed by atoms with E-state index in [1.54, 1.807) is 0 Å². The molecule has 0 aromatic rings. The summed E-state index contributed by atoms with van der Waals surface area (Å²) in [5.41, 5.74) is 0. The van der Waals surface area contributed by atoms with Crippen LogP contribution in [0.3, 0.4) is 0 Å². The molecule has 0 saturated heterocycles. The van der Waals surface area contributed by atoms with Crippen molar-refractivity contribution in [3.63, 3.8) is 0 Å². The highest BCUT2D eigenvalue weighted by Gasteiger charge is 2.31. The molecule has 0 saturated carbocycles. The Bertz CT molecular complexity index is 995. The minimum atomic E-state index is -0.883. The van der Waals surface area contributed by atoms with E-state index in [9.17, 15) is 19.5 Å². The van der Waals surface area contributed by atoms with E-state index in [0.29, 0.717) is 19.3 Å². The van der Waals surface area contributed by atoms with Crippen LogP contribution in [0.5, 0.6) is 0 Å². The summed E-state index contributed by atoms with van der Waals surface area (Å²) in [5, 5.41) is 9.58. The van der Waals surface area contributed by atoms with Crippen molar-refractivity contribution in [3.8, 4) is 0 Å². The predicted octanol–water partition coefficient (Wildman–Crippen LogP) is 10.9. The van der Waals surface area contributed by atoms with Crippen LogP contribution in [0.1, 0.15) is 162 Å². The number of carboxylic acids is 1. The van der Waals surface area contributed by atoms with Gasteiger partial charge in [-0.3, -0.25) is 9.59 Å². The molecule has 0 aliphatic heterocycles. The van der Waals surface area contributed by atoms with Crippen LogP contribution >= 0.6 is 0 Å². The van der Waals surface area contributed by atoms with Gasteiger partial charge in [-0.15, -0.1) is 0 Å². The second-order valence-electron chi connectivity index (χ2n) is 14.9. The number of aliphatic carboxylic acids is 1. The van der Waals surface area contributed by atoms with E-state index >= 15 is 0 Å². The number of allylic oxidation sites excluding steroid dienone is 8. The molecule has 0 aromatic heterocycles. The summed E-state index contributed by atoms with van der Waals surface area (Å²) < 4.78 is 17.1. The van der Waals surface area contributed by atoms with Gasteiger partial charge in [0.1, 0.15) is 6.61 Å². The fourth-order valence-corrected chi connectivity index (χ4v) is 5.77. The maximum absolute atomic E-state index is 12.6. The maximum Gasteiger partial charge on any atom is 0.362 e. The first-order valence-electron chi connectivity index (χ1n) is 20.7. The summed E-state index contributed by atoms with van der Waals surface area (Å²) in [6.45, 7) is 4.52. The lowest BCUT2D eigenvalue weighted by Crippen LogP contribution is -2.50. The number of hydrogen-bond acceptors (Lipinski definition) is 6. The topological polar surface area (TPSA) is 99.1 Å². The van der Waals surface area contributed by atoms with Crippen LogP contribution in [-0.4, -0.2) is 80.6 Å². The molecule has 0 aliphatic rings. The van der Waals surface area contributed by atoms with Crippen LogP contribution in [0.15, 0.2) is 48.6 Å². The summed E-state index contributed by atoms with van der Waals surface area (Å²) in [6, 6.07) is -0.619. The van der Waals surface area contributed by atoms with E-state index in [-0.39, 0.29) is 42.7 Å². The van der Waals surface area contributed by atoms with Crippen molar-refractivity contribution in [1.82, 2.24) is 0 Å². The molecule has 8 heteroatoms. The Morgan fingerprint density at radius 3 is 1.69 bits per heavy atom. The second-order valence-corrected chi connectivity index (χ2v) is 14.9. The van der Waals surface area contributed by atoms with Crippen molar-refractivity contribution < 1.29 is 38.2 Å². The molecular formula is C44H78NO7+. The summed E-state index contributed by atoms with van der Waals surface area (Å²) in [6.07, 6.45) is 40.4. The number of nitrogens with zero attached hydrogens (tertiary/aromatic N) is 1. The van der Waals surface area contributed by atoms with Crippen LogP contribution in [0, 0.1) is 0 Å². The van der Waals surface area contributed by atoms with Gasteiger partial charge >= 0.3 is 17.9 Å². The Balaban J connectivity index is 4.25. The smallest absolute Gasteiger partial charge is 0.362 e. The minimum Gasteiger partial charge on any atom is -0.477 e. The van der Waals surface area contributed by atoms with E-state index in [1.165, 1.54) is 70.6 Å². The van der Waals surface area contributed by atoms with Crippen LogP contribution in [0.4, 0.5) is 0 Å². The van der Waals surface area contributed by atoms with Gasteiger partial charge in [0, 0.05) is 19.3 Å². The number of ether oxygens (including phenoxy) is 3. The lowest BCUT2D eigenvalue weighted by atomic mass is 10.1. The molecule has 0 rings (SSSR count). The zero-order chi connectivity index (χ0) is 38.5. The lowest BCUT2D eigenvalue weighted by Gasteiger charge is -2.31. The van der Waals surface area contributed by atoms with Gasteiger partial charge in [-0.25, -0.2) is 4.79 Å². The molecule has 2 atom stereocenters. The van der Waals surface area contributed by atoms with E-state index in [0.717, 1.165) is 51.4 Å². The van der Waals surface area contributed by atoms with Crippen LogP contribution < -0.4 is 0 Å². The quantitative estimate of drug-likeness (QED) is 0.0296. The Kier molecular flexibility index (Phi) is 33.5. The standard InChI is InChI=1S/C44H77NO7/c1-6-8-10-12-14-16-17-18-19-20-21-22-23-24-25-26-27-29-30-32-34-42(46)51-39-40(38-50-37-36-41(44(48)49)45(3,4)5)52-43(47)35-33-31-28-15-13-11-9-7-2/h8,10,14,16,18-19,28,31,40-41H,6-7,9,11-13,15,17,20-27,29-30,32-39H2,1-5H3/p+1/b10-8+,16-14+,19-18+,31-28+. The average Bonchev–Trinajstić information content (AvgIpc) is 3.09. The number of carbonyl (C=O) groups excluding carboxylic acids is 2. The first-order chi connectivity index (χ1) is 25.1. The van der Waals surface area contributed by atoms with Crippen LogP contribution in [0.25, 0.3) is 0 Å². The molecule has 0 radical (unpaired) electrons. The molecule has 0 aromatic carbocycles. The van der Waals surface area contributed by atoms with E-state index in [4.69, 9.17) is 14.2 Å². The highest BCUT2D eigenvalue weighted by atomic mass is 16.6. The fourth-order valence-electron chi connectivity index (χ4n) is 5.77. The van der Waals surface area contributed by atoms with Crippen molar-refractivity contribution in [2.45, 2.75) is 174 Å². The number of esters is 2. The molecule has 0 bridgehead atoms. The van der Waals surface area contributed by atoms with Gasteiger partial charge in [-0.2, -0.15) is 0 Å². The Hall–Kier alpha value is -2.71. The Morgan fingerprint density at radius 2 is 1.12 bits per heavy atom. The largest absolute Gasteiger partial charge is 0.477 e. The van der Waals surface area contributed by atoms with E-state index in [1.807, 2.05) is 27.2 Å². The van der Waals surface area contributed by atoms with E-state index < -0.39 is 18.1 Å². The monoisotopic (exact) mass is 733 g/mol. The molecule has 1 N–H and O–H groups in total. The lowest BCUT2D eigenvalue weighted by molar-refractivity contribution is -0.887. The summed E-state index contributed by atoms with van der Waals surface area (Å²) in [5.74, 6) is -1.54. The van der Waals surface area contributed by atoms with Crippen molar-refractivity contribution >= 4 is 17.9 Å². The number of likely N-dealkylation sites (N-methyl/N-ethyl adjacent to an activating group) is 1. The van der Waals surface area contributed by atoms with Crippen molar-refractivity contribution in [3.05, 3.63) is 48.6 Å². The van der Waals surface area contributed by atoms with Gasteiger partial charge in [0.05, 0.1) is 34.4 Å². The van der Waals surface area contributed by atoms with Gasteiger partial charge in [-0.05, 0) is 57.8 Å². The normalized spacial score (nSPS) is 13.5. The van der Waals surface area contributed by atoms with Gasteiger partial charge in [0.15, 0.2) is 12.1 Å². The van der Waals surface area contributed by atoms with Crippen molar-refractivity contribution in [1.29, 1.82) is 0 Å². The third-order valence-electron chi connectivity index (χ3n) is 8.98. The van der Waals surface area contributed by atoms with E-state index in [2.05, 4.69) is 56.4 Å². The van der Waals surface area contributed by atoms with Crippen molar-refractivity contribution in [2.24, 2.45) is 0 Å². The fraction of sp³-hybridized carbons (Fsp3) is 0.750. The third-order valence-corrected chi connectivity index (χ3v) is 8.98. The second kappa shape index (κ2) is 35.3. The minimum absolute atomic E-state index is 0.0439. The Morgan fingerprint density at radius 1 is 0.596 bits per heavy atom. The molecule has 0 aliphatic carbocycles. The van der Waals surface area contributed by atoms with Crippen LogP contribution in [-0.2, 0) is 28.6 Å². The molecular weight excluding hydrogens is 654 g/mol. The number of carboxylic acid groups (broad SMARTS) is 1. The molecule has 0 heterocycles. The average molecular weight is 733 g/mol. The summed E-state index contributed by atoms with van der Waals surface area (Å²) >= 11 is 0. The highest BCUT2D eigenvalue weighted by molar-refractivity contribution is 5.72. The number of unbranched alkanes of at least 4 members (excludes halogenated alkanes) is 14. The number of carbonyl (C=O) groups is 3. The van der Waals surface area contributed by atoms with Crippen molar-refractivity contribution in [2.75, 3.05) is 41.0 Å². The zero-order valence-corrected chi connectivity index (χ0v) is 34.0. The summed E-state index contributed by atoms with van der Waals surface area (Å²) in [7, 11) is 5.50. The van der Waals surface area contributed by atoms with Gasteiger partial charge in [0.25, 0.3) is 0 Å².